The first kappa shape index (κ1) is 13.1. The SMILES string of the molecule is CCC(N)Cc1cnn(C2CCOC3(CCC3)C2)c1. The monoisotopic (exact) mass is 263 g/mol. The van der Waals surface area contributed by atoms with E-state index in [1.165, 1.54) is 24.8 Å². The fraction of sp³-hybridized carbons (Fsp3) is 0.800. The van der Waals surface area contributed by atoms with Crippen molar-refractivity contribution >= 4 is 0 Å². The predicted octanol–water partition coefficient (Wildman–Crippen LogP) is 2.44. The van der Waals surface area contributed by atoms with E-state index in [1.807, 2.05) is 6.20 Å². The molecule has 2 unspecified atom stereocenters. The van der Waals surface area contributed by atoms with Gasteiger partial charge in [0, 0.05) is 18.8 Å². The molecule has 1 aliphatic carbocycles. The van der Waals surface area contributed by atoms with Crippen LogP contribution in [-0.2, 0) is 11.2 Å². The van der Waals surface area contributed by atoms with Gasteiger partial charge in [-0.25, -0.2) is 0 Å². The second-order valence-electron chi connectivity index (χ2n) is 6.23. The molecular weight excluding hydrogens is 238 g/mol. The zero-order valence-corrected chi connectivity index (χ0v) is 11.8. The number of hydrogen-bond acceptors (Lipinski definition) is 3. The van der Waals surface area contributed by atoms with Crippen molar-refractivity contribution in [1.82, 2.24) is 9.78 Å². The largest absolute Gasteiger partial charge is 0.375 e. The molecule has 0 radical (unpaired) electrons. The molecule has 3 rings (SSSR count). The molecule has 2 aliphatic rings. The van der Waals surface area contributed by atoms with Crippen LogP contribution in [0.1, 0.15) is 57.1 Å². The second-order valence-corrected chi connectivity index (χ2v) is 6.23. The lowest BCUT2D eigenvalue weighted by Gasteiger charge is -2.47. The average Bonchev–Trinajstić information content (AvgIpc) is 2.85. The zero-order valence-electron chi connectivity index (χ0n) is 11.8. The van der Waals surface area contributed by atoms with Gasteiger partial charge in [0.25, 0.3) is 0 Å². The Bertz CT molecular complexity index is 425. The molecule has 2 heterocycles. The molecule has 106 valence electrons. The lowest BCUT2D eigenvalue weighted by Crippen LogP contribution is -2.46. The molecule has 0 bridgehead atoms. The van der Waals surface area contributed by atoms with Gasteiger partial charge in [-0.05, 0) is 50.5 Å². The van der Waals surface area contributed by atoms with Crippen LogP contribution in [0.25, 0.3) is 0 Å². The van der Waals surface area contributed by atoms with Gasteiger partial charge in [-0.15, -0.1) is 0 Å². The highest BCUT2D eigenvalue weighted by atomic mass is 16.5. The first-order valence-electron chi connectivity index (χ1n) is 7.63. The van der Waals surface area contributed by atoms with Gasteiger partial charge in [-0.2, -0.15) is 5.10 Å². The maximum atomic E-state index is 6.01. The van der Waals surface area contributed by atoms with E-state index >= 15 is 0 Å². The third kappa shape index (κ3) is 2.70. The van der Waals surface area contributed by atoms with E-state index < -0.39 is 0 Å². The first-order valence-corrected chi connectivity index (χ1v) is 7.63. The van der Waals surface area contributed by atoms with Gasteiger partial charge in [-0.3, -0.25) is 4.68 Å². The van der Waals surface area contributed by atoms with Crippen LogP contribution < -0.4 is 5.73 Å². The van der Waals surface area contributed by atoms with E-state index in [4.69, 9.17) is 10.5 Å². The van der Waals surface area contributed by atoms with Gasteiger partial charge in [0.2, 0.25) is 0 Å². The quantitative estimate of drug-likeness (QED) is 0.907. The van der Waals surface area contributed by atoms with Gasteiger partial charge >= 0.3 is 0 Å². The summed E-state index contributed by atoms with van der Waals surface area (Å²) in [5, 5.41) is 4.56. The topological polar surface area (TPSA) is 53.1 Å². The predicted molar refractivity (Wildman–Crippen MR) is 75.0 cm³/mol. The number of nitrogens with two attached hydrogens (primary N) is 1. The average molecular weight is 263 g/mol. The maximum Gasteiger partial charge on any atom is 0.0703 e. The van der Waals surface area contributed by atoms with Crippen molar-refractivity contribution in [1.29, 1.82) is 0 Å². The molecule has 1 saturated heterocycles. The summed E-state index contributed by atoms with van der Waals surface area (Å²) in [6.07, 6.45) is 12.1. The first-order chi connectivity index (χ1) is 9.21. The number of aromatic nitrogens is 2. The van der Waals surface area contributed by atoms with E-state index in [0.29, 0.717) is 6.04 Å². The minimum atomic E-state index is 0.189. The Morgan fingerprint density at radius 3 is 3.11 bits per heavy atom. The van der Waals surface area contributed by atoms with Crippen molar-refractivity contribution < 1.29 is 4.74 Å². The molecule has 2 fully saturated rings. The Morgan fingerprint density at radius 1 is 1.58 bits per heavy atom. The number of rotatable bonds is 4. The Morgan fingerprint density at radius 2 is 2.42 bits per heavy atom. The van der Waals surface area contributed by atoms with E-state index in [1.54, 1.807) is 0 Å². The molecule has 1 aromatic heterocycles. The molecule has 4 nitrogen and oxygen atoms in total. The highest BCUT2D eigenvalue weighted by molar-refractivity contribution is 5.07. The van der Waals surface area contributed by atoms with Crippen molar-refractivity contribution in [2.24, 2.45) is 5.73 Å². The van der Waals surface area contributed by atoms with Crippen LogP contribution in [0.2, 0.25) is 0 Å². The van der Waals surface area contributed by atoms with Crippen molar-refractivity contribution in [2.45, 2.75) is 69.6 Å². The molecule has 2 atom stereocenters. The minimum Gasteiger partial charge on any atom is -0.375 e. The number of nitrogens with zero attached hydrogens (tertiary/aromatic N) is 2. The van der Waals surface area contributed by atoms with Crippen molar-refractivity contribution in [3.8, 4) is 0 Å². The molecule has 1 spiro atoms. The highest BCUT2D eigenvalue weighted by Gasteiger charge is 2.43. The van der Waals surface area contributed by atoms with Crippen LogP contribution >= 0.6 is 0 Å². The number of hydrogen-bond donors (Lipinski definition) is 1. The summed E-state index contributed by atoms with van der Waals surface area (Å²) in [6.45, 7) is 3.02. The summed E-state index contributed by atoms with van der Waals surface area (Å²) in [7, 11) is 0. The van der Waals surface area contributed by atoms with Crippen LogP contribution in [0.4, 0.5) is 0 Å². The maximum absolute atomic E-state index is 6.01. The zero-order chi connectivity index (χ0) is 13.3. The molecule has 0 aromatic carbocycles. The third-order valence-electron chi connectivity index (χ3n) is 4.78. The summed E-state index contributed by atoms with van der Waals surface area (Å²) >= 11 is 0. The lowest BCUT2D eigenvalue weighted by atomic mass is 9.74. The van der Waals surface area contributed by atoms with Gasteiger partial charge in [-0.1, -0.05) is 6.92 Å². The van der Waals surface area contributed by atoms with Crippen LogP contribution in [0.5, 0.6) is 0 Å². The molecular formula is C15H25N3O. The Kier molecular flexibility index (Phi) is 3.63. The molecule has 4 heteroatoms. The molecule has 1 aliphatic heterocycles. The van der Waals surface area contributed by atoms with Crippen molar-refractivity contribution in [3.05, 3.63) is 18.0 Å². The van der Waals surface area contributed by atoms with E-state index in [0.717, 1.165) is 32.3 Å². The third-order valence-corrected chi connectivity index (χ3v) is 4.78. The second kappa shape index (κ2) is 5.25. The fourth-order valence-electron chi connectivity index (χ4n) is 3.28. The number of ether oxygens (including phenoxy) is 1. The van der Waals surface area contributed by atoms with E-state index in [9.17, 15) is 0 Å². The molecule has 0 amide bonds. The lowest BCUT2D eigenvalue weighted by molar-refractivity contribution is -0.141. The van der Waals surface area contributed by atoms with Crippen LogP contribution in [0.15, 0.2) is 12.4 Å². The summed E-state index contributed by atoms with van der Waals surface area (Å²) in [6, 6.07) is 0.769. The van der Waals surface area contributed by atoms with E-state index in [-0.39, 0.29) is 11.6 Å². The van der Waals surface area contributed by atoms with Gasteiger partial charge in [0.15, 0.2) is 0 Å². The molecule has 19 heavy (non-hydrogen) atoms. The summed E-state index contributed by atoms with van der Waals surface area (Å²) in [5.74, 6) is 0. The smallest absolute Gasteiger partial charge is 0.0703 e. The Labute approximate surface area is 115 Å². The van der Waals surface area contributed by atoms with Crippen LogP contribution in [-0.4, -0.2) is 28.0 Å². The van der Waals surface area contributed by atoms with Crippen molar-refractivity contribution in [2.75, 3.05) is 6.61 Å². The van der Waals surface area contributed by atoms with E-state index in [2.05, 4.69) is 22.9 Å². The minimum absolute atomic E-state index is 0.189. The molecule has 1 saturated carbocycles. The van der Waals surface area contributed by atoms with Crippen LogP contribution in [0, 0.1) is 0 Å². The fourth-order valence-corrected chi connectivity index (χ4v) is 3.28. The van der Waals surface area contributed by atoms with Gasteiger partial charge in [0.1, 0.15) is 0 Å². The summed E-state index contributed by atoms with van der Waals surface area (Å²) < 4.78 is 8.13. The molecule has 2 N–H and O–H groups in total. The van der Waals surface area contributed by atoms with Gasteiger partial charge < -0.3 is 10.5 Å². The summed E-state index contributed by atoms with van der Waals surface area (Å²) in [4.78, 5) is 0. The highest BCUT2D eigenvalue weighted by Crippen LogP contribution is 2.45. The Balaban J connectivity index is 1.65. The van der Waals surface area contributed by atoms with Gasteiger partial charge in [0.05, 0.1) is 17.8 Å². The summed E-state index contributed by atoms with van der Waals surface area (Å²) in [5.41, 5.74) is 7.47. The molecule has 1 aromatic rings. The Hall–Kier alpha value is -0.870. The van der Waals surface area contributed by atoms with Crippen molar-refractivity contribution in [3.63, 3.8) is 0 Å². The van der Waals surface area contributed by atoms with Crippen LogP contribution in [0.3, 0.4) is 0 Å². The normalized spacial score (nSPS) is 27.2. The standard InChI is InChI=1S/C15H25N3O/c1-2-13(16)8-12-10-17-18(11-12)14-4-7-19-15(9-14)5-3-6-15/h10-11,13-14H,2-9,16H2,1H3.